The zero-order valence-electron chi connectivity index (χ0n) is 12.3. The Labute approximate surface area is 124 Å². The number of thiazole rings is 1. The minimum absolute atomic E-state index is 0.0473. The fourth-order valence-electron chi connectivity index (χ4n) is 2.68. The average molecular weight is 296 g/mol. The van der Waals surface area contributed by atoms with Gasteiger partial charge in [-0.2, -0.15) is 0 Å². The topological polar surface area (TPSA) is 71.2 Å². The highest BCUT2D eigenvalue weighted by Gasteiger charge is 2.25. The van der Waals surface area contributed by atoms with Crippen molar-refractivity contribution in [2.24, 2.45) is 5.73 Å². The van der Waals surface area contributed by atoms with Gasteiger partial charge >= 0.3 is 0 Å². The van der Waals surface area contributed by atoms with Crippen LogP contribution in [0.3, 0.4) is 0 Å². The predicted octanol–water partition coefficient (Wildman–Crippen LogP) is 1.25. The van der Waals surface area contributed by atoms with Crippen molar-refractivity contribution in [2.75, 3.05) is 20.6 Å². The molecule has 1 aliphatic rings. The summed E-state index contributed by atoms with van der Waals surface area (Å²) in [5.74, 6) is -0.0473. The van der Waals surface area contributed by atoms with Crippen LogP contribution in [0.15, 0.2) is 5.38 Å². The highest BCUT2D eigenvalue weighted by atomic mass is 32.1. The van der Waals surface area contributed by atoms with E-state index in [-0.39, 0.29) is 11.9 Å². The van der Waals surface area contributed by atoms with Crippen molar-refractivity contribution in [3.05, 3.63) is 16.1 Å². The minimum Gasteiger partial charge on any atom is -0.348 e. The second-order valence-electron chi connectivity index (χ2n) is 5.62. The summed E-state index contributed by atoms with van der Waals surface area (Å²) in [4.78, 5) is 18.8. The summed E-state index contributed by atoms with van der Waals surface area (Å²) in [6.45, 7) is 0.571. The summed E-state index contributed by atoms with van der Waals surface area (Å²) in [6, 6.07) is 0.834. The molecule has 20 heavy (non-hydrogen) atoms. The monoisotopic (exact) mass is 296 g/mol. The molecule has 1 aromatic rings. The summed E-state index contributed by atoms with van der Waals surface area (Å²) in [7, 11) is 4.21. The smallest absolute Gasteiger partial charge is 0.270 e. The number of hydrogen-bond donors (Lipinski definition) is 2. The maximum Gasteiger partial charge on any atom is 0.270 e. The number of hydrogen-bond acceptors (Lipinski definition) is 5. The number of aromatic nitrogens is 1. The molecule has 1 heterocycles. The van der Waals surface area contributed by atoms with Crippen LogP contribution in [0.4, 0.5) is 0 Å². The van der Waals surface area contributed by atoms with Crippen molar-refractivity contribution < 1.29 is 4.79 Å². The van der Waals surface area contributed by atoms with Crippen LogP contribution < -0.4 is 11.1 Å². The Balaban J connectivity index is 1.89. The largest absolute Gasteiger partial charge is 0.348 e. The van der Waals surface area contributed by atoms with Crippen LogP contribution in [0.5, 0.6) is 0 Å². The lowest BCUT2D eigenvalue weighted by atomic mass is 9.90. The predicted molar refractivity (Wildman–Crippen MR) is 82.1 cm³/mol. The first-order chi connectivity index (χ1) is 9.60. The quantitative estimate of drug-likeness (QED) is 0.858. The van der Waals surface area contributed by atoms with Gasteiger partial charge in [0.2, 0.25) is 0 Å². The molecule has 0 aliphatic heterocycles. The first kappa shape index (κ1) is 15.4. The number of amides is 1. The Kier molecular flexibility index (Phi) is 5.51. The fourth-order valence-corrected chi connectivity index (χ4v) is 3.47. The normalized spacial score (nSPS) is 23.0. The Bertz CT molecular complexity index is 446. The maximum absolute atomic E-state index is 12.2. The number of nitrogens with zero attached hydrogens (tertiary/aromatic N) is 2. The van der Waals surface area contributed by atoms with Crippen molar-refractivity contribution in [3.63, 3.8) is 0 Å². The molecule has 0 saturated heterocycles. The van der Waals surface area contributed by atoms with E-state index in [9.17, 15) is 4.79 Å². The van der Waals surface area contributed by atoms with Gasteiger partial charge in [0.1, 0.15) is 5.69 Å². The average Bonchev–Trinajstić information content (AvgIpc) is 2.88. The molecule has 5 nitrogen and oxygen atoms in total. The van der Waals surface area contributed by atoms with Gasteiger partial charge in [-0.3, -0.25) is 4.79 Å². The zero-order chi connectivity index (χ0) is 14.5. The molecule has 2 rings (SSSR count). The number of carbonyl (C=O) groups excluding carboxylic acids is 1. The molecule has 1 saturated carbocycles. The van der Waals surface area contributed by atoms with E-state index >= 15 is 0 Å². The molecule has 2 unspecified atom stereocenters. The summed E-state index contributed by atoms with van der Waals surface area (Å²) < 4.78 is 0. The highest BCUT2D eigenvalue weighted by Crippen LogP contribution is 2.22. The minimum atomic E-state index is -0.0473. The molecular formula is C14H24N4OS. The molecule has 0 spiro atoms. The molecule has 112 valence electrons. The van der Waals surface area contributed by atoms with E-state index in [1.165, 1.54) is 24.2 Å². The van der Waals surface area contributed by atoms with Gasteiger partial charge in [-0.1, -0.05) is 0 Å². The Morgan fingerprint density at radius 3 is 3.05 bits per heavy atom. The number of nitrogens with one attached hydrogen (secondary N) is 1. The molecular weight excluding hydrogens is 272 g/mol. The Morgan fingerprint density at radius 1 is 1.55 bits per heavy atom. The third-order valence-corrected chi connectivity index (χ3v) is 4.76. The molecule has 0 bridgehead atoms. The first-order valence-corrected chi connectivity index (χ1v) is 8.10. The lowest BCUT2D eigenvalue weighted by molar-refractivity contribution is 0.0906. The number of carbonyl (C=O) groups is 1. The molecule has 1 amide bonds. The van der Waals surface area contributed by atoms with Crippen molar-refractivity contribution in [1.29, 1.82) is 0 Å². The van der Waals surface area contributed by atoms with Gasteiger partial charge in [-0.05, 0) is 46.3 Å². The zero-order valence-corrected chi connectivity index (χ0v) is 13.1. The third-order valence-electron chi connectivity index (χ3n) is 3.85. The van der Waals surface area contributed by atoms with Crippen molar-refractivity contribution in [3.8, 4) is 0 Å². The molecule has 2 atom stereocenters. The molecule has 0 radical (unpaired) electrons. The van der Waals surface area contributed by atoms with Crippen LogP contribution in [0.2, 0.25) is 0 Å². The highest BCUT2D eigenvalue weighted by molar-refractivity contribution is 7.09. The SMILES string of the molecule is CN(C)C1CCCC(NC(=O)c2csc(CCN)n2)C1. The summed E-state index contributed by atoms with van der Waals surface area (Å²) in [5, 5.41) is 5.89. The van der Waals surface area contributed by atoms with E-state index < -0.39 is 0 Å². The molecule has 1 aliphatic carbocycles. The first-order valence-electron chi connectivity index (χ1n) is 7.22. The standard InChI is InChI=1S/C14H24N4OS/c1-18(2)11-5-3-4-10(8-11)16-14(19)12-9-20-13(17-12)6-7-15/h9-11H,3-8,15H2,1-2H3,(H,16,19). The summed E-state index contributed by atoms with van der Waals surface area (Å²) >= 11 is 1.51. The van der Waals surface area contributed by atoms with Gasteiger partial charge in [0.05, 0.1) is 5.01 Å². The van der Waals surface area contributed by atoms with E-state index in [2.05, 4.69) is 29.3 Å². The molecule has 6 heteroatoms. The molecule has 1 aromatic heterocycles. The van der Waals surface area contributed by atoms with Gasteiger partial charge < -0.3 is 16.0 Å². The lowest BCUT2D eigenvalue weighted by Gasteiger charge is -2.33. The van der Waals surface area contributed by atoms with Crippen LogP contribution in [0.25, 0.3) is 0 Å². The van der Waals surface area contributed by atoms with Gasteiger partial charge in [0, 0.05) is 23.9 Å². The van der Waals surface area contributed by atoms with Crippen LogP contribution in [-0.2, 0) is 6.42 Å². The number of nitrogens with two attached hydrogens (primary N) is 1. The van der Waals surface area contributed by atoms with Crippen LogP contribution in [0.1, 0.15) is 41.2 Å². The van der Waals surface area contributed by atoms with E-state index in [4.69, 9.17) is 5.73 Å². The van der Waals surface area contributed by atoms with Gasteiger partial charge in [-0.25, -0.2) is 4.98 Å². The Morgan fingerprint density at radius 2 is 2.35 bits per heavy atom. The van der Waals surface area contributed by atoms with Crippen LogP contribution in [-0.4, -0.2) is 48.5 Å². The van der Waals surface area contributed by atoms with Gasteiger partial charge in [-0.15, -0.1) is 11.3 Å². The fraction of sp³-hybridized carbons (Fsp3) is 0.714. The van der Waals surface area contributed by atoms with Gasteiger partial charge in [0.15, 0.2) is 0 Å². The van der Waals surface area contributed by atoms with E-state index in [0.29, 0.717) is 18.3 Å². The molecule has 0 aromatic carbocycles. The second-order valence-corrected chi connectivity index (χ2v) is 6.56. The summed E-state index contributed by atoms with van der Waals surface area (Å²) in [6.07, 6.45) is 5.22. The van der Waals surface area contributed by atoms with Crippen LogP contribution >= 0.6 is 11.3 Å². The maximum atomic E-state index is 12.2. The third kappa shape index (κ3) is 4.01. The molecule has 1 fully saturated rings. The van der Waals surface area contributed by atoms with Crippen LogP contribution in [0, 0.1) is 0 Å². The van der Waals surface area contributed by atoms with E-state index in [0.717, 1.165) is 24.3 Å². The van der Waals surface area contributed by atoms with Crippen molar-refractivity contribution >= 4 is 17.2 Å². The van der Waals surface area contributed by atoms with Crippen molar-refractivity contribution in [2.45, 2.75) is 44.2 Å². The Hall–Kier alpha value is -0.980. The van der Waals surface area contributed by atoms with E-state index in [1.807, 2.05) is 5.38 Å². The second kappa shape index (κ2) is 7.15. The van der Waals surface area contributed by atoms with Gasteiger partial charge in [0.25, 0.3) is 5.91 Å². The van der Waals surface area contributed by atoms with E-state index in [1.54, 1.807) is 0 Å². The summed E-state index contributed by atoms with van der Waals surface area (Å²) in [5.41, 5.74) is 6.03. The van der Waals surface area contributed by atoms with Crippen molar-refractivity contribution in [1.82, 2.24) is 15.2 Å². The number of rotatable bonds is 5. The molecule has 3 N–H and O–H groups in total. The lowest BCUT2D eigenvalue weighted by Crippen LogP contribution is -2.43.